The lowest BCUT2D eigenvalue weighted by Crippen LogP contribution is -2.35. The third kappa shape index (κ3) is 3.77. The Labute approximate surface area is 93.5 Å². The summed E-state index contributed by atoms with van der Waals surface area (Å²) in [7, 11) is 1.71. The van der Waals surface area contributed by atoms with Crippen molar-refractivity contribution in [1.29, 1.82) is 0 Å². The van der Waals surface area contributed by atoms with Gasteiger partial charge < -0.3 is 10.4 Å². The molecule has 5 heteroatoms. The van der Waals surface area contributed by atoms with Gasteiger partial charge >= 0.3 is 6.09 Å². The summed E-state index contributed by atoms with van der Waals surface area (Å²) in [5.74, 6) is 0. The zero-order chi connectivity index (χ0) is 11.3. The third-order valence-corrected chi connectivity index (χ3v) is 2.16. The molecule has 0 saturated heterocycles. The Bertz CT molecular complexity index is 327. The summed E-state index contributed by atoms with van der Waals surface area (Å²) in [6.45, 7) is 0.658. The van der Waals surface area contributed by atoms with Gasteiger partial charge in [0.15, 0.2) is 0 Å². The minimum Gasteiger partial charge on any atom is -0.465 e. The number of hydrogen-bond donors (Lipinski definition) is 2. The quantitative estimate of drug-likeness (QED) is 0.775. The first-order chi connectivity index (χ1) is 7.13. The number of hydrogen-bond acceptors (Lipinski definition) is 2. The number of carboxylic acid groups (broad SMARTS) is 1. The van der Waals surface area contributed by atoms with Crippen molar-refractivity contribution < 1.29 is 9.90 Å². The molecule has 0 aliphatic carbocycles. The van der Waals surface area contributed by atoms with Gasteiger partial charge in [-0.3, -0.25) is 4.90 Å². The molecular weight excluding hydrogens is 216 g/mol. The maximum absolute atomic E-state index is 10.8. The van der Waals surface area contributed by atoms with E-state index in [-0.39, 0.29) is 0 Å². The summed E-state index contributed by atoms with van der Waals surface area (Å²) < 4.78 is 0. The van der Waals surface area contributed by atoms with Crippen LogP contribution in [-0.2, 0) is 6.54 Å². The van der Waals surface area contributed by atoms with E-state index in [0.29, 0.717) is 18.2 Å². The second kappa shape index (κ2) is 5.58. The highest BCUT2D eigenvalue weighted by atomic mass is 35.5. The molecule has 1 aromatic rings. The highest BCUT2D eigenvalue weighted by Gasteiger charge is 2.10. The van der Waals surface area contributed by atoms with E-state index in [9.17, 15) is 4.79 Å². The first kappa shape index (κ1) is 11.8. The molecule has 1 amide bonds. The van der Waals surface area contributed by atoms with Crippen LogP contribution in [0.1, 0.15) is 5.56 Å². The van der Waals surface area contributed by atoms with Gasteiger partial charge in [-0.25, -0.2) is 4.79 Å². The molecule has 0 fully saturated rings. The number of rotatable bonds is 4. The Morgan fingerprint density at radius 3 is 2.53 bits per heavy atom. The van der Waals surface area contributed by atoms with Crippen LogP contribution in [0, 0.1) is 0 Å². The van der Waals surface area contributed by atoms with Gasteiger partial charge in [0.1, 0.15) is 0 Å². The molecule has 0 atom stereocenters. The minimum atomic E-state index is -0.945. The Hall–Kier alpha value is -1.26. The standard InChI is InChI=1S/C10H13ClN2O2/c1-12-7-13(10(14)15)6-8-2-4-9(11)5-3-8/h2-5,12H,6-7H2,1H3,(H,14,15). The van der Waals surface area contributed by atoms with Crippen molar-refractivity contribution >= 4 is 17.7 Å². The summed E-state index contributed by atoms with van der Waals surface area (Å²) in [6.07, 6.45) is -0.945. The molecule has 0 spiro atoms. The van der Waals surface area contributed by atoms with Gasteiger partial charge in [0.2, 0.25) is 0 Å². The SMILES string of the molecule is CNCN(Cc1ccc(Cl)cc1)C(=O)O. The zero-order valence-electron chi connectivity index (χ0n) is 8.40. The number of amides is 1. The van der Waals surface area contributed by atoms with Crippen LogP contribution in [0.2, 0.25) is 5.02 Å². The van der Waals surface area contributed by atoms with Crippen LogP contribution in [0.3, 0.4) is 0 Å². The lowest BCUT2D eigenvalue weighted by atomic mass is 10.2. The van der Waals surface area contributed by atoms with Crippen molar-refractivity contribution in [3.8, 4) is 0 Å². The molecule has 1 aromatic carbocycles. The molecule has 4 nitrogen and oxygen atoms in total. The fourth-order valence-electron chi connectivity index (χ4n) is 1.19. The zero-order valence-corrected chi connectivity index (χ0v) is 9.16. The van der Waals surface area contributed by atoms with Crippen LogP contribution in [0.15, 0.2) is 24.3 Å². The van der Waals surface area contributed by atoms with Gasteiger partial charge in [-0.15, -0.1) is 0 Å². The van der Waals surface area contributed by atoms with E-state index in [1.807, 2.05) is 12.1 Å². The molecule has 0 aromatic heterocycles. The van der Waals surface area contributed by atoms with E-state index in [2.05, 4.69) is 5.32 Å². The Morgan fingerprint density at radius 2 is 2.07 bits per heavy atom. The predicted molar refractivity (Wildman–Crippen MR) is 58.9 cm³/mol. The maximum atomic E-state index is 10.8. The van der Waals surface area contributed by atoms with Crippen molar-refractivity contribution in [2.75, 3.05) is 13.7 Å². The van der Waals surface area contributed by atoms with Crippen molar-refractivity contribution in [3.05, 3.63) is 34.9 Å². The fraction of sp³-hybridized carbons (Fsp3) is 0.300. The normalized spacial score (nSPS) is 10.0. The molecule has 1 rings (SSSR count). The largest absolute Gasteiger partial charge is 0.465 e. The van der Waals surface area contributed by atoms with Gasteiger partial charge in [0.05, 0.1) is 13.2 Å². The summed E-state index contributed by atoms with van der Waals surface area (Å²) >= 11 is 5.73. The number of benzene rings is 1. The number of halogens is 1. The van der Waals surface area contributed by atoms with Gasteiger partial charge in [0, 0.05) is 5.02 Å². The molecule has 2 N–H and O–H groups in total. The number of carbonyl (C=O) groups is 1. The molecule has 82 valence electrons. The smallest absolute Gasteiger partial charge is 0.408 e. The molecule has 0 aliphatic rings. The van der Waals surface area contributed by atoms with E-state index in [0.717, 1.165) is 5.56 Å². The van der Waals surface area contributed by atoms with Gasteiger partial charge in [-0.1, -0.05) is 23.7 Å². The van der Waals surface area contributed by atoms with E-state index < -0.39 is 6.09 Å². The molecule has 0 heterocycles. The average Bonchev–Trinajstić information content (AvgIpc) is 2.20. The fourth-order valence-corrected chi connectivity index (χ4v) is 1.32. The molecule has 0 aliphatic heterocycles. The predicted octanol–water partition coefficient (Wildman–Crippen LogP) is 2.00. The molecule has 0 bridgehead atoms. The Morgan fingerprint density at radius 1 is 1.47 bits per heavy atom. The van der Waals surface area contributed by atoms with Crippen LogP contribution in [0.5, 0.6) is 0 Å². The van der Waals surface area contributed by atoms with E-state index in [4.69, 9.17) is 16.7 Å². The summed E-state index contributed by atoms with van der Waals surface area (Å²) in [4.78, 5) is 12.1. The monoisotopic (exact) mass is 228 g/mol. The summed E-state index contributed by atoms with van der Waals surface area (Å²) in [5.41, 5.74) is 0.914. The van der Waals surface area contributed by atoms with Crippen LogP contribution in [0.25, 0.3) is 0 Å². The first-order valence-electron chi connectivity index (χ1n) is 4.50. The van der Waals surface area contributed by atoms with Crippen LogP contribution in [0.4, 0.5) is 4.79 Å². The Balaban J connectivity index is 2.65. The third-order valence-electron chi connectivity index (χ3n) is 1.91. The van der Waals surface area contributed by atoms with Crippen molar-refractivity contribution in [1.82, 2.24) is 10.2 Å². The first-order valence-corrected chi connectivity index (χ1v) is 4.88. The molecule has 0 saturated carbocycles. The number of nitrogens with one attached hydrogen (secondary N) is 1. The lowest BCUT2D eigenvalue weighted by Gasteiger charge is -2.18. The number of nitrogens with zero attached hydrogens (tertiary/aromatic N) is 1. The second-order valence-electron chi connectivity index (χ2n) is 3.12. The highest BCUT2D eigenvalue weighted by Crippen LogP contribution is 2.11. The van der Waals surface area contributed by atoms with E-state index in [1.165, 1.54) is 4.90 Å². The molecular formula is C10H13ClN2O2. The van der Waals surface area contributed by atoms with Gasteiger partial charge in [-0.2, -0.15) is 0 Å². The molecule has 0 radical (unpaired) electrons. The van der Waals surface area contributed by atoms with Crippen LogP contribution < -0.4 is 5.32 Å². The van der Waals surface area contributed by atoms with E-state index >= 15 is 0 Å². The van der Waals surface area contributed by atoms with Crippen LogP contribution in [-0.4, -0.2) is 29.8 Å². The lowest BCUT2D eigenvalue weighted by molar-refractivity contribution is 0.139. The van der Waals surface area contributed by atoms with Crippen molar-refractivity contribution in [2.45, 2.75) is 6.54 Å². The topological polar surface area (TPSA) is 52.6 Å². The average molecular weight is 229 g/mol. The van der Waals surface area contributed by atoms with Crippen molar-refractivity contribution in [3.63, 3.8) is 0 Å². The van der Waals surface area contributed by atoms with Crippen LogP contribution >= 0.6 is 11.6 Å². The second-order valence-corrected chi connectivity index (χ2v) is 3.56. The summed E-state index contributed by atoms with van der Waals surface area (Å²) in [6, 6.07) is 7.12. The minimum absolute atomic E-state index is 0.304. The van der Waals surface area contributed by atoms with Gasteiger partial charge in [-0.05, 0) is 24.7 Å². The highest BCUT2D eigenvalue weighted by molar-refractivity contribution is 6.30. The molecule has 0 unspecified atom stereocenters. The van der Waals surface area contributed by atoms with E-state index in [1.54, 1.807) is 19.2 Å². The van der Waals surface area contributed by atoms with Gasteiger partial charge in [0.25, 0.3) is 0 Å². The molecule has 15 heavy (non-hydrogen) atoms. The van der Waals surface area contributed by atoms with Crippen molar-refractivity contribution in [2.24, 2.45) is 0 Å². The maximum Gasteiger partial charge on any atom is 0.408 e. The summed E-state index contributed by atoms with van der Waals surface area (Å²) in [5, 5.41) is 12.3. The Kier molecular flexibility index (Phi) is 4.39.